The maximum atomic E-state index is 7.13. The number of benzene rings is 1. The second-order valence-electron chi connectivity index (χ2n) is 2.98. The van der Waals surface area contributed by atoms with E-state index in [-0.39, 0.29) is 5.92 Å². The van der Waals surface area contributed by atoms with Crippen LogP contribution in [0.5, 0.6) is 0 Å². The Morgan fingerprint density at radius 3 is 2.75 bits per heavy atom. The molecular formula is C10H12ClN. The van der Waals surface area contributed by atoms with E-state index >= 15 is 0 Å². The van der Waals surface area contributed by atoms with Gasteiger partial charge in [-0.25, -0.2) is 0 Å². The first-order chi connectivity index (χ1) is 5.65. The lowest BCUT2D eigenvalue weighted by Gasteiger charge is -2.08. The molecule has 0 heterocycles. The van der Waals surface area contributed by atoms with Crippen LogP contribution in [0.25, 0.3) is 0 Å². The SMILES string of the molecule is Cc1ccc(Cl)c(C(C)C=N)c1. The van der Waals surface area contributed by atoms with Crippen LogP contribution in [0.15, 0.2) is 18.2 Å². The zero-order valence-electron chi connectivity index (χ0n) is 7.26. The minimum absolute atomic E-state index is 0.109. The Bertz CT molecular complexity index is 294. The molecule has 0 aliphatic carbocycles. The standard InChI is InChI=1S/C10H12ClN/c1-7-3-4-10(11)9(5-7)8(2)6-12/h3-6,8,12H,1-2H3. The van der Waals surface area contributed by atoms with Gasteiger partial charge >= 0.3 is 0 Å². The predicted octanol–water partition coefficient (Wildman–Crippen LogP) is 3.40. The first kappa shape index (κ1) is 9.27. The third-order valence-electron chi connectivity index (χ3n) is 1.89. The van der Waals surface area contributed by atoms with Crippen LogP contribution in [0.3, 0.4) is 0 Å². The summed E-state index contributed by atoms with van der Waals surface area (Å²) < 4.78 is 0. The Kier molecular flexibility index (Phi) is 2.88. The highest BCUT2D eigenvalue weighted by Gasteiger charge is 2.06. The molecule has 0 spiro atoms. The van der Waals surface area contributed by atoms with Crippen LogP contribution in [-0.2, 0) is 0 Å². The summed E-state index contributed by atoms with van der Waals surface area (Å²) in [6, 6.07) is 5.88. The molecule has 1 aromatic rings. The van der Waals surface area contributed by atoms with Crippen molar-refractivity contribution in [3.63, 3.8) is 0 Å². The maximum Gasteiger partial charge on any atom is 0.0444 e. The average Bonchev–Trinajstić information content (AvgIpc) is 2.08. The number of hydrogen-bond acceptors (Lipinski definition) is 1. The van der Waals surface area contributed by atoms with Crippen molar-refractivity contribution in [1.29, 1.82) is 5.41 Å². The van der Waals surface area contributed by atoms with E-state index in [0.29, 0.717) is 0 Å². The van der Waals surface area contributed by atoms with Crippen LogP contribution in [0.1, 0.15) is 24.0 Å². The number of hydrogen-bond donors (Lipinski definition) is 1. The number of nitrogens with one attached hydrogen (secondary N) is 1. The minimum atomic E-state index is 0.109. The lowest BCUT2D eigenvalue weighted by Crippen LogP contribution is -1.95. The molecule has 0 amide bonds. The van der Waals surface area contributed by atoms with Crippen molar-refractivity contribution >= 4 is 17.8 Å². The zero-order valence-corrected chi connectivity index (χ0v) is 8.02. The molecule has 0 fully saturated rings. The van der Waals surface area contributed by atoms with Crippen molar-refractivity contribution in [1.82, 2.24) is 0 Å². The summed E-state index contributed by atoms with van der Waals surface area (Å²) in [5.41, 5.74) is 2.22. The molecule has 12 heavy (non-hydrogen) atoms. The molecule has 0 radical (unpaired) electrons. The summed E-state index contributed by atoms with van der Waals surface area (Å²) >= 11 is 5.97. The van der Waals surface area contributed by atoms with Gasteiger partial charge < -0.3 is 5.41 Å². The van der Waals surface area contributed by atoms with Gasteiger partial charge in [-0.05, 0) is 18.6 Å². The van der Waals surface area contributed by atoms with Crippen molar-refractivity contribution in [2.24, 2.45) is 0 Å². The van der Waals surface area contributed by atoms with E-state index in [2.05, 4.69) is 0 Å². The first-order valence-electron chi connectivity index (χ1n) is 3.92. The van der Waals surface area contributed by atoms with Gasteiger partial charge in [0, 0.05) is 17.2 Å². The summed E-state index contributed by atoms with van der Waals surface area (Å²) in [7, 11) is 0. The highest BCUT2D eigenvalue weighted by atomic mass is 35.5. The van der Waals surface area contributed by atoms with Gasteiger partial charge in [-0.2, -0.15) is 0 Å². The highest BCUT2D eigenvalue weighted by Crippen LogP contribution is 2.23. The van der Waals surface area contributed by atoms with Crippen molar-refractivity contribution in [3.05, 3.63) is 34.3 Å². The quantitative estimate of drug-likeness (QED) is 0.677. The third-order valence-corrected chi connectivity index (χ3v) is 2.24. The normalized spacial score (nSPS) is 12.6. The summed E-state index contributed by atoms with van der Waals surface area (Å²) in [6.07, 6.45) is 1.40. The van der Waals surface area contributed by atoms with E-state index in [0.717, 1.165) is 10.6 Å². The molecule has 0 saturated heterocycles. The Labute approximate surface area is 77.9 Å². The molecule has 1 aromatic carbocycles. The predicted molar refractivity (Wildman–Crippen MR) is 53.4 cm³/mol. The van der Waals surface area contributed by atoms with Crippen molar-refractivity contribution in [2.75, 3.05) is 0 Å². The summed E-state index contributed by atoms with van der Waals surface area (Å²) in [6.45, 7) is 3.99. The van der Waals surface area contributed by atoms with Crippen LogP contribution in [-0.4, -0.2) is 6.21 Å². The molecule has 0 aliphatic heterocycles. The second-order valence-corrected chi connectivity index (χ2v) is 3.39. The fraction of sp³-hybridized carbons (Fsp3) is 0.300. The van der Waals surface area contributed by atoms with Gasteiger partial charge in [-0.15, -0.1) is 0 Å². The van der Waals surface area contributed by atoms with Gasteiger partial charge in [-0.1, -0.05) is 36.2 Å². The molecule has 0 saturated carbocycles. The molecule has 1 atom stereocenters. The van der Waals surface area contributed by atoms with Crippen LogP contribution in [0.4, 0.5) is 0 Å². The maximum absolute atomic E-state index is 7.13. The van der Waals surface area contributed by atoms with E-state index in [4.69, 9.17) is 17.0 Å². The van der Waals surface area contributed by atoms with Gasteiger partial charge in [0.2, 0.25) is 0 Å². The Morgan fingerprint density at radius 2 is 2.17 bits per heavy atom. The molecule has 1 rings (SSSR count). The van der Waals surface area contributed by atoms with Crippen molar-refractivity contribution < 1.29 is 0 Å². The van der Waals surface area contributed by atoms with E-state index in [1.54, 1.807) is 0 Å². The van der Waals surface area contributed by atoms with E-state index < -0.39 is 0 Å². The van der Waals surface area contributed by atoms with E-state index in [1.165, 1.54) is 11.8 Å². The lowest BCUT2D eigenvalue weighted by molar-refractivity contribution is 1.03. The number of halogens is 1. The molecule has 0 aromatic heterocycles. The molecule has 2 heteroatoms. The first-order valence-corrected chi connectivity index (χ1v) is 4.29. The van der Waals surface area contributed by atoms with Crippen LogP contribution < -0.4 is 0 Å². The second kappa shape index (κ2) is 3.72. The molecule has 1 nitrogen and oxygen atoms in total. The zero-order chi connectivity index (χ0) is 9.14. The van der Waals surface area contributed by atoms with Crippen LogP contribution in [0.2, 0.25) is 5.02 Å². The molecule has 1 unspecified atom stereocenters. The van der Waals surface area contributed by atoms with Crippen LogP contribution in [0, 0.1) is 12.3 Å². The summed E-state index contributed by atoms with van der Waals surface area (Å²) in [5.74, 6) is 0.109. The smallest absolute Gasteiger partial charge is 0.0444 e. The van der Waals surface area contributed by atoms with Crippen molar-refractivity contribution in [3.8, 4) is 0 Å². The van der Waals surface area contributed by atoms with E-state index in [1.807, 2.05) is 32.0 Å². The molecule has 1 N–H and O–H groups in total. The monoisotopic (exact) mass is 181 g/mol. The molecular weight excluding hydrogens is 170 g/mol. The highest BCUT2D eigenvalue weighted by molar-refractivity contribution is 6.31. The topological polar surface area (TPSA) is 23.9 Å². The molecule has 64 valence electrons. The summed E-state index contributed by atoms with van der Waals surface area (Å²) in [4.78, 5) is 0. The Balaban J connectivity index is 3.12. The third kappa shape index (κ3) is 1.86. The number of aryl methyl sites for hydroxylation is 1. The average molecular weight is 182 g/mol. The van der Waals surface area contributed by atoms with E-state index in [9.17, 15) is 0 Å². The number of rotatable bonds is 2. The molecule has 0 bridgehead atoms. The van der Waals surface area contributed by atoms with Crippen molar-refractivity contribution in [2.45, 2.75) is 19.8 Å². The Morgan fingerprint density at radius 1 is 1.50 bits per heavy atom. The fourth-order valence-corrected chi connectivity index (χ4v) is 1.39. The van der Waals surface area contributed by atoms with Gasteiger partial charge in [0.05, 0.1) is 0 Å². The molecule has 0 aliphatic rings. The van der Waals surface area contributed by atoms with Crippen LogP contribution >= 0.6 is 11.6 Å². The van der Waals surface area contributed by atoms with Gasteiger partial charge in [0.15, 0.2) is 0 Å². The summed E-state index contributed by atoms with van der Waals surface area (Å²) in [5, 5.41) is 7.88. The lowest BCUT2D eigenvalue weighted by atomic mass is 10.0. The van der Waals surface area contributed by atoms with Gasteiger partial charge in [0.1, 0.15) is 0 Å². The van der Waals surface area contributed by atoms with Gasteiger partial charge in [-0.3, -0.25) is 0 Å². The van der Waals surface area contributed by atoms with Gasteiger partial charge in [0.25, 0.3) is 0 Å². The Hall–Kier alpha value is -0.820. The minimum Gasteiger partial charge on any atom is -0.312 e. The fourth-order valence-electron chi connectivity index (χ4n) is 1.10. The largest absolute Gasteiger partial charge is 0.312 e.